The Morgan fingerprint density at radius 2 is 2.00 bits per heavy atom. The highest BCUT2D eigenvalue weighted by molar-refractivity contribution is 7.88. The molecule has 0 radical (unpaired) electrons. The number of halogens is 3. The van der Waals surface area contributed by atoms with Crippen LogP contribution in [0.25, 0.3) is 0 Å². The van der Waals surface area contributed by atoms with Crippen LogP contribution in [-0.2, 0) is 21.0 Å². The second kappa shape index (κ2) is 5.71. The summed E-state index contributed by atoms with van der Waals surface area (Å²) in [6.45, 7) is -0.538. The van der Waals surface area contributed by atoms with Crippen LogP contribution < -0.4 is 5.32 Å². The summed E-state index contributed by atoms with van der Waals surface area (Å²) in [6.07, 6.45) is -3.11. The van der Waals surface area contributed by atoms with Crippen molar-refractivity contribution in [3.05, 3.63) is 18.1 Å². The van der Waals surface area contributed by atoms with Crippen molar-refractivity contribution >= 4 is 21.7 Å². The van der Waals surface area contributed by atoms with Gasteiger partial charge in [-0.25, -0.2) is 18.4 Å². The van der Waals surface area contributed by atoms with E-state index in [0.29, 0.717) is 12.4 Å². The predicted octanol–water partition coefficient (Wildman–Crippen LogP) is 0.325. The van der Waals surface area contributed by atoms with E-state index in [9.17, 15) is 26.4 Å². The van der Waals surface area contributed by atoms with Crippen molar-refractivity contribution in [2.45, 2.75) is 6.18 Å². The molecular formula is C9H11F3N4O3S. The van der Waals surface area contributed by atoms with E-state index >= 15 is 0 Å². The SMILES string of the molecule is CN(CC(=O)Nc1cc(C(F)(F)F)ncn1)S(C)(=O)=O. The zero-order valence-corrected chi connectivity index (χ0v) is 11.3. The largest absolute Gasteiger partial charge is 0.433 e. The Bertz CT molecular complexity index is 603. The van der Waals surface area contributed by atoms with Crippen LogP contribution >= 0.6 is 0 Å². The molecule has 7 nitrogen and oxygen atoms in total. The van der Waals surface area contributed by atoms with E-state index in [1.807, 2.05) is 0 Å². The third-order valence-corrected chi connectivity index (χ3v) is 3.42. The number of likely N-dealkylation sites (N-methyl/N-ethyl adjacent to an activating group) is 1. The van der Waals surface area contributed by atoms with Gasteiger partial charge in [0.05, 0.1) is 12.8 Å². The average molecular weight is 312 g/mol. The molecule has 0 saturated heterocycles. The number of amides is 1. The van der Waals surface area contributed by atoms with Gasteiger partial charge >= 0.3 is 6.18 Å². The van der Waals surface area contributed by atoms with Crippen LogP contribution in [0.4, 0.5) is 19.0 Å². The molecular weight excluding hydrogens is 301 g/mol. The Morgan fingerprint density at radius 3 is 2.50 bits per heavy atom. The van der Waals surface area contributed by atoms with Crippen molar-refractivity contribution in [2.75, 3.05) is 25.2 Å². The zero-order valence-electron chi connectivity index (χ0n) is 10.5. The maximum Gasteiger partial charge on any atom is 0.433 e. The topological polar surface area (TPSA) is 92.3 Å². The minimum absolute atomic E-state index is 0.362. The fourth-order valence-electron chi connectivity index (χ4n) is 1.08. The lowest BCUT2D eigenvalue weighted by molar-refractivity contribution is -0.141. The van der Waals surface area contributed by atoms with Gasteiger partial charge < -0.3 is 5.32 Å². The van der Waals surface area contributed by atoms with Gasteiger partial charge in [0.15, 0.2) is 0 Å². The van der Waals surface area contributed by atoms with Crippen LogP contribution in [0.1, 0.15) is 5.69 Å². The van der Waals surface area contributed by atoms with Crippen LogP contribution in [-0.4, -0.2) is 48.4 Å². The van der Waals surface area contributed by atoms with E-state index in [0.717, 1.165) is 17.6 Å². The summed E-state index contributed by atoms with van der Waals surface area (Å²) in [5.41, 5.74) is -1.21. The first kappa shape index (κ1) is 16.3. The third-order valence-electron chi connectivity index (χ3n) is 2.16. The van der Waals surface area contributed by atoms with Crippen molar-refractivity contribution in [1.29, 1.82) is 0 Å². The molecule has 0 aliphatic heterocycles. The summed E-state index contributed by atoms with van der Waals surface area (Å²) in [6, 6.07) is 0.554. The number of nitrogens with one attached hydrogen (secondary N) is 1. The smallest absolute Gasteiger partial charge is 0.309 e. The minimum atomic E-state index is -4.66. The van der Waals surface area contributed by atoms with Crippen LogP contribution in [0.2, 0.25) is 0 Å². The molecule has 1 aromatic rings. The van der Waals surface area contributed by atoms with Gasteiger partial charge in [-0.05, 0) is 0 Å². The van der Waals surface area contributed by atoms with Crippen LogP contribution in [0, 0.1) is 0 Å². The Balaban J connectivity index is 2.77. The van der Waals surface area contributed by atoms with Crippen molar-refractivity contribution in [3.63, 3.8) is 0 Å². The maximum absolute atomic E-state index is 12.4. The van der Waals surface area contributed by atoms with Crippen LogP contribution in [0.15, 0.2) is 12.4 Å². The minimum Gasteiger partial charge on any atom is -0.309 e. The third kappa shape index (κ3) is 4.74. The molecule has 0 fully saturated rings. The molecule has 0 aliphatic carbocycles. The first-order valence-corrected chi connectivity index (χ1v) is 6.95. The molecule has 0 aromatic carbocycles. The Morgan fingerprint density at radius 1 is 1.40 bits per heavy atom. The Hall–Kier alpha value is -1.75. The number of hydrogen-bond donors (Lipinski definition) is 1. The molecule has 0 aliphatic rings. The summed E-state index contributed by atoms with van der Waals surface area (Å²) < 4.78 is 60.0. The van der Waals surface area contributed by atoms with Gasteiger partial charge in [0.2, 0.25) is 15.9 Å². The molecule has 1 amide bonds. The van der Waals surface area contributed by atoms with Crippen LogP contribution in [0.5, 0.6) is 0 Å². The number of carbonyl (C=O) groups is 1. The Kier molecular flexibility index (Phi) is 4.65. The standard InChI is InChI=1S/C9H11F3N4O3S/c1-16(20(2,18)19)4-8(17)15-7-3-6(9(10,11)12)13-5-14-7/h3,5H,4H2,1-2H3,(H,13,14,15,17). The number of sulfonamides is 1. The lowest BCUT2D eigenvalue weighted by atomic mass is 10.4. The van der Waals surface area contributed by atoms with Crippen molar-refractivity contribution in [2.24, 2.45) is 0 Å². The molecule has 1 heterocycles. The first-order valence-electron chi connectivity index (χ1n) is 5.10. The van der Waals surface area contributed by atoms with E-state index in [1.54, 1.807) is 0 Å². The highest BCUT2D eigenvalue weighted by Crippen LogP contribution is 2.27. The lowest BCUT2D eigenvalue weighted by Gasteiger charge is -2.13. The molecule has 0 bridgehead atoms. The number of rotatable bonds is 4. The van der Waals surface area contributed by atoms with Gasteiger partial charge in [-0.15, -0.1) is 0 Å². The number of aromatic nitrogens is 2. The van der Waals surface area contributed by atoms with Crippen LogP contribution in [0.3, 0.4) is 0 Å². The molecule has 0 unspecified atom stereocenters. The van der Waals surface area contributed by atoms with Crippen molar-refractivity contribution in [1.82, 2.24) is 14.3 Å². The number of carbonyl (C=O) groups excluding carboxylic acids is 1. The fraction of sp³-hybridized carbons (Fsp3) is 0.444. The summed E-state index contributed by atoms with van der Waals surface area (Å²) in [4.78, 5) is 17.9. The monoisotopic (exact) mass is 312 g/mol. The van der Waals surface area contributed by atoms with Gasteiger partial charge in [-0.3, -0.25) is 4.79 Å². The molecule has 0 spiro atoms. The molecule has 1 aromatic heterocycles. The summed E-state index contributed by atoms with van der Waals surface area (Å²) in [7, 11) is -2.40. The summed E-state index contributed by atoms with van der Waals surface area (Å²) in [5, 5.41) is 2.06. The number of hydrogen-bond acceptors (Lipinski definition) is 5. The average Bonchev–Trinajstić information content (AvgIpc) is 2.26. The number of alkyl halides is 3. The molecule has 1 rings (SSSR count). The van der Waals surface area contributed by atoms with Gasteiger partial charge in [0.1, 0.15) is 17.8 Å². The molecule has 112 valence electrons. The highest BCUT2D eigenvalue weighted by atomic mass is 32.2. The fourth-order valence-corrected chi connectivity index (χ4v) is 1.43. The van der Waals surface area contributed by atoms with E-state index in [2.05, 4.69) is 15.3 Å². The van der Waals surface area contributed by atoms with Crippen molar-refractivity contribution < 1.29 is 26.4 Å². The highest BCUT2D eigenvalue weighted by Gasteiger charge is 2.33. The van der Waals surface area contributed by atoms with E-state index in [4.69, 9.17) is 0 Å². The molecule has 0 atom stereocenters. The van der Waals surface area contributed by atoms with Gasteiger partial charge in [-0.2, -0.15) is 17.5 Å². The summed E-state index contributed by atoms with van der Waals surface area (Å²) in [5.74, 6) is -1.18. The normalized spacial score (nSPS) is 12.5. The summed E-state index contributed by atoms with van der Waals surface area (Å²) >= 11 is 0. The number of nitrogens with zero attached hydrogens (tertiary/aromatic N) is 3. The van der Waals surface area contributed by atoms with Gasteiger partial charge in [0.25, 0.3) is 0 Å². The molecule has 1 N–H and O–H groups in total. The molecule has 20 heavy (non-hydrogen) atoms. The second-order valence-electron chi connectivity index (χ2n) is 3.85. The lowest BCUT2D eigenvalue weighted by Crippen LogP contribution is -2.34. The maximum atomic E-state index is 12.4. The van der Waals surface area contributed by atoms with Gasteiger partial charge in [0, 0.05) is 13.1 Å². The van der Waals surface area contributed by atoms with E-state index in [-0.39, 0.29) is 5.82 Å². The van der Waals surface area contributed by atoms with E-state index in [1.165, 1.54) is 0 Å². The first-order chi connectivity index (χ1) is 9.00. The van der Waals surface area contributed by atoms with E-state index < -0.39 is 34.3 Å². The Labute approximate surface area is 112 Å². The van der Waals surface area contributed by atoms with Crippen molar-refractivity contribution in [3.8, 4) is 0 Å². The second-order valence-corrected chi connectivity index (χ2v) is 5.94. The number of anilines is 1. The molecule has 0 saturated carbocycles. The zero-order chi connectivity index (χ0) is 15.6. The predicted molar refractivity (Wildman–Crippen MR) is 63.1 cm³/mol. The van der Waals surface area contributed by atoms with Gasteiger partial charge in [-0.1, -0.05) is 0 Å². The molecule has 11 heteroatoms. The quantitative estimate of drug-likeness (QED) is 0.864.